The fourth-order valence-corrected chi connectivity index (χ4v) is 2.94. The average Bonchev–Trinajstić information content (AvgIpc) is 3.03. The first-order valence-corrected chi connectivity index (χ1v) is 8.21. The number of primary amides is 1. The largest absolute Gasteiger partial charge is 0.366 e. The van der Waals surface area contributed by atoms with Crippen LogP contribution in [0.2, 0.25) is 0 Å². The Bertz CT molecular complexity index is 776. The molecule has 6 heteroatoms. The first-order valence-electron chi connectivity index (χ1n) is 8.21. The topological polar surface area (TPSA) is 70.7 Å². The highest BCUT2D eigenvalue weighted by molar-refractivity contribution is 14.0. The van der Waals surface area contributed by atoms with Crippen LogP contribution in [0.5, 0.6) is 0 Å². The number of amides is 1. The lowest BCUT2D eigenvalue weighted by atomic mass is 10.1. The van der Waals surface area contributed by atoms with E-state index in [0.29, 0.717) is 12.1 Å². The summed E-state index contributed by atoms with van der Waals surface area (Å²) in [6.07, 6.45) is 1.03. The quantitative estimate of drug-likeness (QED) is 0.428. The van der Waals surface area contributed by atoms with Gasteiger partial charge in [0.05, 0.1) is 6.54 Å². The minimum atomic E-state index is -0.416. The number of rotatable bonds is 4. The zero-order chi connectivity index (χ0) is 16.9. The number of nitrogens with two attached hydrogens (primary N) is 1. The number of carbonyl (C=O) groups is 1. The van der Waals surface area contributed by atoms with E-state index in [1.165, 1.54) is 11.3 Å². The van der Waals surface area contributed by atoms with Crippen LogP contribution in [0.4, 0.5) is 5.69 Å². The molecule has 0 bridgehead atoms. The number of carbonyl (C=O) groups excluding carboxylic acids is 1. The Kier molecular flexibility index (Phi) is 6.81. The summed E-state index contributed by atoms with van der Waals surface area (Å²) < 4.78 is 0. The molecule has 0 aliphatic carbocycles. The van der Waals surface area contributed by atoms with Crippen molar-refractivity contribution in [3.63, 3.8) is 0 Å². The lowest BCUT2D eigenvalue weighted by molar-refractivity contribution is 0.1000. The van der Waals surface area contributed by atoms with Crippen LogP contribution in [0, 0.1) is 0 Å². The van der Waals surface area contributed by atoms with Gasteiger partial charge < -0.3 is 16.0 Å². The normalized spacial score (nSPS) is 13.2. The van der Waals surface area contributed by atoms with Gasteiger partial charge in [0.15, 0.2) is 5.96 Å². The fraction of sp³-hybridized carbons (Fsp3) is 0.263. The molecular formula is C19H23IN4O. The number of fused-ring (bicyclic) bond motifs is 1. The van der Waals surface area contributed by atoms with Crippen molar-refractivity contribution in [3.8, 4) is 0 Å². The smallest absolute Gasteiger partial charge is 0.248 e. The molecule has 0 saturated carbocycles. The maximum Gasteiger partial charge on any atom is 0.248 e. The number of hydrogen-bond acceptors (Lipinski definition) is 2. The van der Waals surface area contributed by atoms with Crippen molar-refractivity contribution in [3.05, 3.63) is 65.2 Å². The maximum absolute atomic E-state index is 11.3. The van der Waals surface area contributed by atoms with Gasteiger partial charge in [0.1, 0.15) is 0 Å². The molecule has 1 aliphatic heterocycles. The second-order valence-corrected chi connectivity index (χ2v) is 5.77. The van der Waals surface area contributed by atoms with Gasteiger partial charge in [-0.05, 0) is 42.7 Å². The molecule has 0 unspecified atom stereocenters. The minimum Gasteiger partial charge on any atom is -0.366 e. The van der Waals surface area contributed by atoms with Crippen molar-refractivity contribution < 1.29 is 4.79 Å². The lowest BCUT2D eigenvalue weighted by Gasteiger charge is -2.22. The Morgan fingerprint density at radius 2 is 2.04 bits per heavy atom. The molecule has 132 valence electrons. The van der Waals surface area contributed by atoms with Crippen LogP contribution in [0.25, 0.3) is 0 Å². The van der Waals surface area contributed by atoms with Crippen LogP contribution in [-0.4, -0.2) is 25.0 Å². The third-order valence-electron chi connectivity index (χ3n) is 4.10. The van der Waals surface area contributed by atoms with Gasteiger partial charge in [0.2, 0.25) is 5.91 Å². The van der Waals surface area contributed by atoms with Gasteiger partial charge in [-0.1, -0.05) is 30.3 Å². The van der Waals surface area contributed by atoms with E-state index in [-0.39, 0.29) is 24.0 Å². The molecule has 1 heterocycles. The molecular weight excluding hydrogens is 427 g/mol. The standard InChI is InChI=1S/C19H22N4O.HI/c1-2-21-19(23-11-10-15-7-3-4-9-17(15)23)22-13-14-6-5-8-16(12-14)18(20)24;/h3-9,12H,2,10-11,13H2,1H3,(H2,20,24)(H,21,22);1H. The number of nitrogens with zero attached hydrogens (tertiary/aromatic N) is 2. The second kappa shape index (κ2) is 8.84. The number of para-hydroxylation sites is 1. The van der Waals surface area contributed by atoms with Crippen LogP contribution in [0.15, 0.2) is 53.5 Å². The highest BCUT2D eigenvalue weighted by atomic mass is 127. The van der Waals surface area contributed by atoms with Crippen molar-refractivity contribution in [2.24, 2.45) is 10.7 Å². The molecule has 1 aliphatic rings. The van der Waals surface area contributed by atoms with Gasteiger partial charge >= 0.3 is 0 Å². The van der Waals surface area contributed by atoms with Crippen LogP contribution in [-0.2, 0) is 13.0 Å². The second-order valence-electron chi connectivity index (χ2n) is 5.77. The number of hydrogen-bond donors (Lipinski definition) is 2. The molecule has 0 fully saturated rings. The van der Waals surface area contributed by atoms with E-state index in [1.54, 1.807) is 12.1 Å². The van der Waals surface area contributed by atoms with Crippen molar-refractivity contribution in [2.45, 2.75) is 19.9 Å². The van der Waals surface area contributed by atoms with Crippen LogP contribution < -0.4 is 16.0 Å². The molecule has 2 aromatic rings. The molecule has 0 spiro atoms. The third kappa shape index (κ3) is 4.50. The summed E-state index contributed by atoms with van der Waals surface area (Å²) in [5.41, 5.74) is 9.38. The fourth-order valence-electron chi connectivity index (χ4n) is 2.94. The number of halogens is 1. The van der Waals surface area contributed by atoms with Gasteiger partial charge in [-0.3, -0.25) is 4.79 Å². The molecule has 0 saturated heterocycles. The highest BCUT2D eigenvalue weighted by Crippen LogP contribution is 2.27. The molecule has 0 radical (unpaired) electrons. The van der Waals surface area contributed by atoms with Gasteiger partial charge in [-0.2, -0.15) is 0 Å². The number of aliphatic imine (C=N–C) groups is 1. The van der Waals surface area contributed by atoms with Gasteiger partial charge in [-0.15, -0.1) is 24.0 Å². The summed E-state index contributed by atoms with van der Waals surface area (Å²) in [7, 11) is 0. The number of anilines is 1. The van der Waals surface area contributed by atoms with Crippen molar-refractivity contribution in [1.82, 2.24) is 5.32 Å². The van der Waals surface area contributed by atoms with E-state index < -0.39 is 5.91 Å². The number of guanidine groups is 1. The van der Waals surface area contributed by atoms with Crippen molar-refractivity contribution in [2.75, 3.05) is 18.0 Å². The third-order valence-corrected chi connectivity index (χ3v) is 4.10. The van der Waals surface area contributed by atoms with Gasteiger partial charge in [-0.25, -0.2) is 4.99 Å². The van der Waals surface area contributed by atoms with Gasteiger partial charge in [0.25, 0.3) is 0 Å². The summed E-state index contributed by atoms with van der Waals surface area (Å²) >= 11 is 0. The monoisotopic (exact) mass is 450 g/mol. The Morgan fingerprint density at radius 1 is 1.24 bits per heavy atom. The zero-order valence-corrected chi connectivity index (χ0v) is 16.6. The van der Waals surface area contributed by atoms with E-state index in [2.05, 4.69) is 41.4 Å². The van der Waals surface area contributed by atoms with E-state index in [4.69, 9.17) is 10.7 Å². The van der Waals surface area contributed by atoms with Crippen LogP contribution >= 0.6 is 24.0 Å². The molecule has 3 N–H and O–H groups in total. The lowest BCUT2D eigenvalue weighted by Crippen LogP contribution is -2.40. The first kappa shape index (κ1) is 19.2. The summed E-state index contributed by atoms with van der Waals surface area (Å²) in [6, 6.07) is 15.7. The van der Waals surface area contributed by atoms with E-state index in [1.807, 2.05) is 12.1 Å². The Morgan fingerprint density at radius 3 is 2.80 bits per heavy atom. The summed E-state index contributed by atoms with van der Waals surface area (Å²) in [5, 5.41) is 3.36. The van der Waals surface area contributed by atoms with E-state index >= 15 is 0 Å². The summed E-state index contributed by atoms with van der Waals surface area (Å²) in [4.78, 5) is 18.3. The molecule has 1 amide bonds. The molecule has 25 heavy (non-hydrogen) atoms. The highest BCUT2D eigenvalue weighted by Gasteiger charge is 2.22. The predicted molar refractivity (Wildman–Crippen MR) is 113 cm³/mol. The maximum atomic E-state index is 11.3. The Hall–Kier alpha value is -2.09. The Labute approximate surface area is 165 Å². The average molecular weight is 450 g/mol. The molecule has 2 aromatic carbocycles. The minimum absolute atomic E-state index is 0. The van der Waals surface area contributed by atoms with Crippen molar-refractivity contribution >= 4 is 41.5 Å². The number of nitrogens with one attached hydrogen (secondary N) is 1. The molecule has 3 rings (SSSR count). The molecule has 0 aromatic heterocycles. The summed E-state index contributed by atoms with van der Waals surface area (Å²) in [6.45, 7) is 4.29. The SMILES string of the molecule is CCNC(=NCc1cccc(C(N)=O)c1)N1CCc2ccccc21.I. The summed E-state index contributed by atoms with van der Waals surface area (Å²) in [5.74, 6) is 0.452. The van der Waals surface area contributed by atoms with Crippen LogP contribution in [0.1, 0.15) is 28.4 Å². The predicted octanol–water partition coefficient (Wildman–Crippen LogP) is 2.93. The van der Waals surface area contributed by atoms with E-state index in [9.17, 15) is 4.79 Å². The zero-order valence-electron chi connectivity index (χ0n) is 14.2. The van der Waals surface area contributed by atoms with E-state index in [0.717, 1.165) is 31.0 Å². The van der Waals surface area contributed by atoms with Crippen LogP contribution in [0.3, 0.4) is 0 Å². The molecule has 0 atom stereocenters. The number of benzene rings is 2. The Balaban J connectivity index is 0.00000225. The van der Waals surface area contributed by atoms with Crippen molar-refractivity contribution in [1.29, 1.82) is 0 Å². The molecule has 5 nitrogen and oxygen atoms in total. The first-order chi connectivity index (χ1) is 11.7. The van der Waals surface area contributed by atoms with Gasteiger partial charge in [0, 0.05) is 24.3 Å².